The molecular weight excluding hydrogens is 440 g/mol. The smallest absolute Gasteiger partial charge is 0.265 e. The molecule has 0 heterocycles. The van der Waals surface area contributed by atoms with Gasteiger partial charge in [0.15, 0.2) is 6.10 Å². The topological polar surface area (TPSA) is 93.7 Å². The molecule has 0 aliphatic carbocycles. The van der Waals surface area contributed by atoms with Crippen LogP contribution in [-0.2, 0) is 14.8 Å². The second kappa shape index (κ2) is 10.4. The van der Waals surface area contributed by atoms with Crippen molar-refractivity contribution in [3.8, 4) is 11.5 Å². The molecule has 7 nitrogen and oxygen atoms in total. The lowest BCUT2D eigenvalue weighted by atomic mass is 10.1. The van der Waals surface area contributed by atoms with Crippen LogP contribution in [0.3, 0.4) is 0 Å². The molecule has 3 aromatic rings. The van der Waals surface area contributed by atoms with Gasteiger partial charge < -0.3 is 14.8 Å². The quantitative estimate of drug-likeness (QED) is 0.465. The van der Waals surface area contributed by atoms with E-state index in [0.717, 1.165) is 11.1 Å². The average molecular weight is 469 g/mol. The van der Waals surface area contributed by atoms with Gasteiger partial charge in [-0.1, -0.05) is 18.2 Å². The summed E-state index contributed by atoms with van der Waals surface area (Å²) in [6.45, 7) is 7.92. The fourth-order valence-corrected chi connectivity index (χ4v) is 4.24. The monoisotopic (exact) mass is 468 g/mol. The largest absolute Gasteiger partial charge is 0.494 e. The Morgan fingerprint density at radius 1 is 0.909 bits per heavy atom. The Balaban J connectivity index is 1.63. The van der Waals surface area contributed by atoms with E-state index in [9.17, 15) is 13.2 Å². The molecule has 0 saturated heterocycles. The van der Waals surface area contributed by atoms with Crippen LogP contribution in [0.2, 0.25) is 0 Å². The lowest BCUT2D eigenvalue weighted by Crippen LogP contribution is -2.30. The van der Waals surface area contributed by atoms with Crippen LogP contribution >= 0.6 is 0 Å². The second-order valence-electron chi connectivity index (χ2n) is 7.56. The van der Waals surface area contributed by atoms with Gasteiger partial charge in [-0.25, -0.2) is 8.42 Å². The van der Waals surface area contributed by atoms with E-state index in [1.54, 1.807) is 31.2 Å². The van der Waals surface area contributed by atoms with Gasteiger partial charge in [-0.15, -0.1) is 0 Å². The molecule has 0 bridgehead atoms. The fourth-order valence-electron chi connectivity index (χ4n) is 3.18. The molecule has 0 fully saturated rings. The van der Waals surface area contributed by atoms with Crippen molar-refractivity contribution in [3.63, 3.8) is 0 Å². The first kappa shape index (κ1) is 24.1. The molecular formula is C25H28N2O5S. The minimum absolute atomic E-state index is 0.0780. The molecule has 2 N–H and O–H groups in total. The summed E-state index contributed by atoms with van der Waals surface area (Å²) in [5.74, 6) is 1.01. The van der Waals surface area contributed by atoms with Crippen LogP contribution in [0.15, 0.2) is 71.6 Å². The number of carbonyl (C=O) groups excluding carboxylic acids is 1. The van der Waals surface area contributed by atoms with E-state index in [2.05, 4.69) is 10.0 Å². The summed E-state index contributed by atoms with van der Waals surface area (Å²) in [5.41, 5.74) is 2.79. The highest BCUT2D eigenvalue weighted by molar-refractivity contribution is 7.92. The van der Waals surface area contributed by atoms with Crippen LogP contribution in [0.4, 0.5) is 11.4 Å². The molecule has 3 rings (SSSR count). The summed E-state index contributed by atoms with van der Waals surface area (Å²) < 4.78 is 39.1. The minimum atomic E-state index is -3.78. The number of sulfonamides is 1. The third-order valence-corrected chi connectivity index (χ3v) is 6.32. The predicted molar refractivity (Wildman–Crippen MR) is 129 cm³/mol. The number of carbonyl (C=O) groups is 1. The molecule has 0 saturated carbocycles. The van der Waals surface area contributed by atoms with E-state index in [1.165, 1.54) is 24.3 Å². The lowest BCUT2D eigenvalue weighted by Gasteiger charge is -2.18. The highest BCUT2D eigenvalue weighted by Gasteiger charge is 2.18. The molecule has 1 atom stereocenters. The standard InChI is InChI=1S/C25H28N2O5S/c1-5-31-22-13-9-21(10-14-22)27-33(29,30)23-15-11-20(12-16-23)26-25(28)19(4)32-24-17(2)7-6-8-18(24)3/h6-16,19,27H,5H2,1-4H3,(H,26,28). The van der Waals surface area contributed by atoms with Crippen molar-refractivity contribution in [2.45, 2.75) is 38.7 Å². The third kappa shape index (κ3) is 6.26. The van der Waals surface area contributed by atoms with Crippen molar-refractivity contribution in [1.82, 2.24) is 0 Å². The van der Waals surface area contributed by atoms with Crippen LogP contribution in [-0.4, -0.2) is 27.0 Å². The Hall–Kier alpha value is -3.52. The zero-order chi connectivity index (χ0) is 24.0. The summed E-state index contributed by atoms with van der Waals surface area (Å²) >= 11 is 0. The van der Waals surface area contributed by atoms with Gasteiger partial charge in [0.25, 0.3) is 15.9 Å². The van der Waals surface area contributed by atoms with Crippen molar-refractivity contribution in [1.29, 1.82) is 0 Å². The number of hydrogen-bond donors (Lipinski definition) is 2. The van der Waals surface area contributed by atoms with Crippen LogP contribution in [0.25, 0.3) is 0 Å². The first-order valence-electron chi connectivity index (χ1n) is 10.6. The predicted octanol–water partition coefficient (Wildman–Crippen LogP) is 4.91. The summed E-state index contributed by atoms with van der Waals surface area (Å²) in [5, 5.41) is 2.75. The third-order valence-electron chi connectivity index (χ3n) is 4.92. The molecule has 33 heavy (non-hydrogen) atoms. The van der Waals surface area contributed by atoms with Crippen molar-refractivity contribution in [3.05, 3.63) is 77.9 Å². The number of ether oxygens (including phenoxy) is 2. The van der Waals surface area contributed by atoms with Crippen LogP contribution < -0.4 is 19.5 Å². The summed E-state index contributed by atoms with van der Waals surface area (Å²) in [7, 11) is -3.78. The van der Waals surface area contributed by atoms with E-state index in [0.29, 0.717) is 29.5 Å². The molecule has 0 aromatic heterocycles. The minimum Gasteiger partial charge on any atom is -0.494 e. The van der Waals surface area contributed by atoms with Crippen molar-refractivity contribution in [2.24, 2.45) is 0 Å². The second-order valence-corrected chi connectivity index (χ2v) is 9.24. The number of rotatable bonds is 9. The summed E-state index contributed by atoms with van der Waals surface area (Å²) in [6, 6.07) is 18.4. The number of nitrogens with one attached hydrogen (secondary N) is 2. The van der Waals surface area contributed by atoms with Crippen LogP contribution in [0.1, 0.15) is 25.0 Å². The molecule has 0 aliphatic rings. The molecule has 3 aromatic carbocycles. The Morgan fingerprint density at radius 2 is 1.48 bits per heavy atom. The number of anilines is 2. The van der Waals surface area contributed by atoms with Gasteiger partial charge in [0, 0.05) is 11.4 Å². The zero-order valence-electron chi connectivity index (χ0n) is 19.1. The molecule has 174 valence electrons. The number of para-hydroxylation sites is 1. The number of aryl methyl sites for hydroxylation is 2. The molecule has 0 radical (unpaired) electrons. The molecule has 0 aliphatic heterocycles. The fraction of sp³-hybridized carbons (Fsp3) is 0.240. The van der Waals surface area contributed by atoms with E-state index >= 15 is 0 Å². The van der Waals surface area contributed by atoms with Gasteiger partial charge in [0.1, 0.15) is 11.5 Å². The van der Waals surface area contributed by atoms with E-state index in [-0.39, 0.29) is 10.8 Å². The normalized spacial score (nSPS) is 12.0. The van der Waals surface area contributed by atoms with Crippen LogP contribution in [0, 0.1) is 13.8 Å². The molecule has 0 spiro atoms. The van der Waals surface area contributed by atoms with Crippen LogP contribution in [0.5, 0.6) is 11.5 Å². The van der Waals surface area contributed by atoms with Crippen molar-refractivity contribution in [2.75, 3.05) is 16.6 Å². The Bertz CT molecular complexity index is 1190. The Kier molecular flexibility index (Phi) is 7.60. The van der Waals surface area contributed by atoms with Crippen molar-refractivity contribution >= 4 is 27.3 Å². The van der Waals surface area contributed by atoms with Gasteiger partial charge in [-0.3, -0.25) is 9.52 Å². The first-order chi connectivity index (χ1) is 15.7. The molecule has 8 heteroatoms. The molecule has 1 amide bonds. The van der Waals surface area contributed by atoms with Crippen molar-refractivity contribution < 1.29 is 22.7 Å². The van der Waals surface area contributed by atoms with Gasteiger partial charge in [0.2, 0.25) is 0 Å². The lowest BCUT2D eigenvalue weighted by molar-refractivity contribution is -0.122. The first-order valence-corrected chi connectivity index (χ1v) is 12.1. The maximum atomic E-state index is 12.7. The molecule has 1 unspecified atom stereocenters. The number of benzene rings is 3. The Morgan fingerprint density at radius 3 is 2.06 bits per heavy atom. The van der Waals surface area contributed by atoms with E-state index in [4.69, 9.17) is 9.47 Å². The highest BCUT2D eigenvalue weighted by Crippen LogP contribution is 2.24. The van der Waals surface area contributed by atoms with Gasteiger partial charge in [0.05, 0.1) is 11.5 Å². The summed E-state index contributed by atoms with van der Waals surface area (Å²) in [6.07, 6.45) is -0.727. The van der Waals surface area contributed by atoms with Gasteiger partial charge in [-0.2, -0.15) is 0 Å². The maximum absolute atomic E-state index is 12.7. The van der Waals surface area contributed by atoms with E-state index in [1.807, 2.05) is 39.0 Å². The summed E-state index contributed by atoms with van der Waals surface area (Å²) in [4.78, 5) is 12.6. The average Bonchev–Trinajstić information content (AvgIpc) is 2.78. The highest BCUT2D eigenvalue weighted by atomic mass is 32.2. The maximum Gasteiger partial charge on any atom is 0.265 e. The van der Waals surface area contributed by atoms with Gasteiger partial charge in [-0.05, 0) is 87.4 Å². The zero-order valence-corrected chi connectivity index (χ0v) is 19.9. The van der Waals surface area contributed by atoms with Gasteiger partial charge >= 0.3 is 0 Å². The number of amides is 1. The SMILES string of the molecule is CCOc1ccc(NS(=O)(=O)c2ccc(NC(=O)C(C)Oc3c(C)cccc3C)cc2)cc1. The van der Waals surface area contributed by atoms with E-state index < -0.39 is 16.1 Å². The Labute approximate surface area is 194 Å². The number of hydrogen-bond acceptors (Lipinski definition) is 5.